The molecule has 1 aliphatic carbocycles. The number of amides is 1. The maximum Gasteiger partial charge on any atom is 0.221 e. The lowest BCUT2D eigenvalue weighted by molar-refractivity contribution is -0.122. The van der Waals surface area contributed by atoms with Gasteiger partial charge in [0.2, 0.25) is 5.91 Å². The molecule has 0 spiro atoms. The maximum atomic E-state index is 12.7. The van der Waals surface area contributed by atoms with Crippen molar-refractivity contribution in [1.82, 2.24) is 20.0 Å². The fraction of sp³-hybridized carbons (Fsp3) is 0.565. The number of carbonyl (C=O) groups is 1. The molecule has 1 aromatic carbocycles. The van der Waals surface area contributed by atoms with Gasteiger partial charge in [-0.05, 0) is 42.5 Å². The van der Waals surface area contributed by atoms with Crippen LogP contribution in [-0.4, -0.2) is 60.5 Å². The second kappa shape index (κ2) is 8.78. The van der Waals surface area contributed by atoms with E-state index < -0.39 is 0 Å². The molecule has 2 aromatic rings. The van der Waals surface area contributed by atoms with Gasteiger partial charge in [-0.1, -0.05) is 13.8 Å². The van der Waals surface area contributed by atoms with Crippen LogP contribution < -0.4 is 10.1 Å². The molecule has 2 aliphatic rings. The fourth-order valence-corrected chi connectivity index (χ4v) is 4.47. The molecule has 1 N–H and O–H groups in total. The molecule has 1 aromatic heterocycles. The highest BCUT2D eigenvalue weighted by atomic mass is 16.5. The third-order valence-corrected chi connectivity index (χ3v) is 6.09. The van der Waals surface area contributed by atoms with E-state index in [9.17, 15) is 4.79 Å². The molecule has 1 aliphatic heterocycles. The number of rotatable bonds is 6. The van der Waals surface area contributed by atoms with Crippen LogP contribution in [-0.2, 0) is 16.0 Å². The Bertz CT molecular complexity index is 869. The van der Waals surface area contributed by atoms with E-state index in [1.54, 1.807) is 7.11 Å². The summed E-state index contributed by atoms with van der Waals surface area (Å²) < 4.78 is 12.7. The van der Waals surface area contributed by atoms with Crippen molar-refractivity contribution in [2.24, 2.45) is 5.41 Å². The molecule has 30 heavy (non-hydrogen) atoms. The Balaban J connectivity index is 1.48. The van der Waals surface area contributed by atoms with Crippen molar-refractivity contribution in [2.45, 2.75) is 39.2 Å². The minimum Gasteiger partial charge on any atom is -0.497 e. The fourth-order valence-electron chi connectivity index (χ4n) is 4.47. The maximum absolute atomic E-state index is 12.7. The molecule has 0 radical (unpaired) electrons. The van der Waals surface area contributed by atoms with Crippen LogP contribution >= 0.6 is 0 Å². The van der Waals surface area contributed by atoms with Gasteiger partial charge in [-0.15, -0.1) is 0 Å². The molecule has 0 saturated carbocycles. The zero-order valence-corrected chi connectivity index (χ0v) is 18.2. The third kappa shape index (κ3) is 4.68. The molecule has 1 saturated heterocycles. The first kappa shape index (κ1) is 20.9. The van der Waals surface area contributed by atoms with E-state index in [4.69, 9.17) is 9.47 Å². The lowest BCUT2D eigenvalue weighted by atomic mass is 9.74. The molecule has 1 atom stereocenters. The Hall–Kier alpha value is -2.38. The average Bonchev–Trinajstić information content (AvgIpc) is 3.16. The summed E-state index contributed by atoms with van der Waals surface area (Å²) in [5.74, 6) is 0.929. The van der Waals surface area contributed by atoms with Crippen LogP contribution in [0.4, 0.5) is 0 Å². The highest BCUT2D eigenvalue weighted by Gasteiger charge is 2.36. The Morgan fingerprint density at radius 2 is 2.00 bits per heavy atom. The molecule has 7 heteroatoms. The number of methoxy groups -OCH3 is 1. The van der Waals surface area contributed by atoms with Crippen LogP contribution in [0.1, 0.15) is 44.0 Å². The second-order valence-electron chi connectivity index (χ2n) is 9.03. The Kier molecular flexibility index (Phi) is 6.11. The number of morpholine rings is 1. The minimum absolute atomic E-state index is 0.00654. The molecule has 4 rings (SSSR count). The molecule has 1 amide bonds. The van der Waals surface area contributed by atoms with Gasteiger partial charge in [-0.3, -0.25) is 9.69 Å². The van der Waals surface area contributed by atoms with Crippen LogP contribution in [0, 0.1) is 5.41 Å². The van der Waals surface area contributed by atoms with Crippen molar-refractivity contribution >= 4 is 5.91 Å². The highest BCUT2D eigenvalue weighted by molar-refractivity contribution is 5.76. The lowest BCUT2D eigenvalue weighted by Crippen LogP contribution is -2.40. The molecule has 0 unspecified atom stereocenters. The van der Waals surface area contributed by atoms with E-state index in [0.29, 0.717) is 6.42 Å². The first-order chi connectivity index (χ1) is 14.4. The first-order valence-corrected chi connectivity index (χ1v) is 10.8. The largest absolute Gasteiger partial charge is 0.497 e. The number of benzene rings is 1. The van der Waals surface area contributed by atoms with Gasteiger partial charge >= 0.3 is 0 Å². The third-order valence-electron chi connectivity index (χ3n) is 6.09. The predicted octanol–water partition coefficient (Wildman–Crippen LogP) is 2.73. The molecule has 2 heterocycles. The molecule has 1 fully saturated rings. The SMILES string of the molecule is COc1ccc(-n2ncc3c2CC(C)(C)C[C@H]3NC(=O)CCN2CCOCC2)cc1. The van der Waals surface area contributed by atoms with Crippen LogP contribution in [0.15, 0.2) is 30.5 Å². The van der Waals surface area contributed by atoms with Gasteiger partial charge in [-0.25, -0.2) is 4.68 Å². The van der Waals surface area contributed by atoms with Gasteiger partial charge in [0.25, 0.3) is 0 Å². The molecule has 162 valence electrons. The summed E-state index contributed by atoms with van der Waals surface area (Å²) in [4.78, 5) is 15.0. The molecular formula is C23H32N4O3. The second-order valence-corrected chi connectivity index (χ2v) is 9.03. The summed E-state index contributed by atoms with van der Waals surface area (Å²) in [5.41, 5.74) is 3.39. The van der Waals surface area contributed by atoms with Gasteiger partial charge in [0.1, 0.15) is 5.75 Å². The summed E-state index contributed by atoms with van der Waals surface area (Å²) in [6, 6.07) is 7.92. The van der Waals surface area contributed by atoms with Crippen LogP contribution in [0.25, 0.3) is 5.69 Å². The lowest BCUT2D eigenvalue weighted by Gasteiger charge is -2.36. The summed E-state index contributed by atoms with van der Waals surface area (Å²) >= 11 is 0. The van der Waals surface area contributed by atoms with Crippen molar-refractivity contribution in [2.75, 3.05) is 40.0 Å². The van der Waals surface area contributed by atoms with Gasteiger partial charge in [0, 0.05) is 31.6 Å². The van der Waals surface area contributed by atoms with Crippen LogP contribution in [0.2, 0.25) is 0 Å². The number of ether oxygens (including phenoxy) is 2. The smallest absolute Gasteiger partial charge is 0.221 e. The zero-order chi connectivity index (χ0) is 21.1. The standard InChI is InChI=1S/C23H32N4O3/c1-23(2)14-20(25-22(28)8-9-26-10-12-30-13-11-26)19-16-24-27(21(19)15-23)17-4-6-18(29-3)7-5-17/h4-7,16,20H,8-15H2,1-3H3,(H,25,28)/t20-/m1/s1. The van der Waals surface area contributed by atoms with Gasteiger partial charge in [-0.2, -0.15) is 5.10 Å². The Morgan fingerprint density at radius 1 is 1.27 bits per heavy atom. The minimum atomic E-state index is -0.00654. The van der Waals surface area contributed by atoms with Crippen molar-refractivity contribution in [3.05, 3.63) is 41.7 Å². The van der Waals surface area contributed by atoms with E-state index in [-0.39, 0.29) is 17.4 Å². The average molecular weight is 413 g/mol. The summed E-state index contributed by atoms with van der Waals surface area (Å²) in [6.45, 7) is 8.62. The van der Waals surface area contributed by atoms with Gasteiger partial charge in [0.15, 0.2) is 0 Å². The number of hydrogen-bond donors (Lipinski definition) is 1. The monoisotopic (exact) mass is 412 g/mol. The van der Waals surface area contributed by atoms with E-state index in [1.165, 1.54) is 5.69 Å². The van der Waals surface area contributed by atoms with E-state index in [1.807, 2.05) is 35.1 Å². The number of nitrogens with zero attached hydrogens (tertiary/aromatic N) is 3. The topological polar surface area (TPSA) is 68.6 Å². The predicted molar refractivity (Wildman–Crippen MR) is 115 cm³/mol. The van der Waals surface area contributed by atoms with Gasteiger partial charge < -0.3 is 14.8 Å². The summed E-state index contributed by atoms with van der Waals surface area (Å²) in [6.07, 6.45) is 4.27. The quantitative estimate of drug-likeness (QED) is 0.790. The van der Waals surface area contributed by atoms with Crippen molar-refractivity contribution in [3.63, 3.8) is 0 Å². The normalized spacial score (nSPS) is 21.1. The molecule has 7 nitrogen and oxygen atoms in total. The number of hydrogen-bond acceptors (Lipinski definition) is 5. The van der Waals surface area contributed by atoms with Gasteiger partial charge in [0.05, 0.1) is 43.9 Å². The number of aromatic nitrogens is 2. The molecular weight excluding hydrogens is 380 g/mol. The van der Waals surface area contributed by atoms with Crippen LogP contribution in [0.5, 0.6) is 5.75 Å². The van der Waals surface area contributed by atoms with E-state index in [2.05, 4.69) is 29.2 Å². The van der Waals surface area contributed by atoms with Crippen molar-refractivity contribution in [1.29, 1.82) is 0 Å². The highest BCUT2D eigenvalue weighted by Crippen LogP contribution is 2.41. The first-order valence-electron chi connectivity index (χ1n) is 10.8. The van der Waals surface area contributed by atoms with E-state index >= 15 is 0 Å². The number of carbonyl (C=O) groups excluding carboxylic acids is 1. The number of nitrogens with one attached hydrogen (secondary N) is 1. The summed E-state index contributed by atoms with van der Waals surface area (Å²) in [5, 5.41) is 7.95. The van der Waals surface area contributed by atoms with Crippen molar-refractivity contribution < 1.29 is 14.3 Å². The van der Waals surface area contributed by atoms with Crippen LogP contribution in [0.3, 0.4) is 0 Å². The number of fused-ring (bicyclic) bond motifs is 1. The van der Waals surface area contributed by atoms with E-state index in [0.717, 1.165) is 62.7 Å². The Morgan fingerprint density at radius 3 is 2.70 bits per heavy atom. The zero-order valence-electron chi connectivity index (χ0n) is 18.2. The summed E-state index contributed by atoms with van der Waals surface area (Å²) in [7, 11) is 1.67. The Labute approximate surface area is 178 Å². The molecule has 0 bridgehead atoms. The van der Waals surface area contributed by atoms with Crippen molar-refractivity contribution in [3.8, 4) is 11.4 Å².